The topological polar surface area (TPSA) is 29.4 Å². The van der Waals surface area contributed by atoms with Crippen LogP contribution in [0.5, 0.6) is 0 Å². The zero-order chi connectivity index (χ0) is 8.15. The Kier molecular flexibility index (Phi) is 3.93. The maximum absolute atomic E-state index is 10.2. The molecule has 0 rings (SSSR count). The zero-order valence-electron chi connectivity index (χ0n) is 7.09. The minimum absolute atomic E-state index is 0.250. The fourth-order valence-corrected chi connectivity index (χ4v) is 0.670. The van der Waals surface area contributed by atoms with Crippen molar-refractivity contribution in [1.29, 1.82) is 0 Å². The smallest absolute Gasteiger partial charge is 0.0837 e. The lowest BCUT2D eigenvalue weighted by Gasteiger charge is -2.02. The highest BCUT2D eigenvalue weighted by molar-refractivity contribution is 5.03. The highest BCUT2D eigenvalue weighted by Crippen LogP contribution is 2.12. The van der Waals surface area contributed by atoms with E-state index in [9.17, 15) is 4.91 Å². The fraction of sp³-hybridized carbons (Fsp3) is 0.750. The lowest BCUT2D eigenvalue weighted by molar-refractivity contribution is 0.720. The number of hydrogen-bond donors (Lipinski definition) is 0. The van der Waals surface area contributed by atoms with E-state index in [-0.39, 0.29) is 5.92 Å². The Labute approximate surface area is 62.3 Å². The molecular formula is C8H15NO. The first-order valence-electron chi connectivity index (χ1n) is 3.63. The Bertz CT molecular complexity index is 136. The van der Waals surface area contributed by atoms with Gasteiger partial charge in [-0.25, -0.2) is 0 Å². The molecular weight excluding hydrogens is 126 g/mol. The largest absolute Gasteiger partial charge is 0.145 e. The van der Waals surface area contributed by atoms with E-state index in [1.54, 1.807) is 0 Å². The molecule has 0 bridgehead atoms. The summed E-state index contributed by atoms with van der Waals surface area (Å²) in [7, 11) is 0. The Hall–Kier alpha value is -0.660. The predicted molar refractivity (Wildman–Crippen MR) is 43.6 cm³/mol. The van der Waals surface area contributed by atoms with Gasteiger partial charge in [-0.3, -0.25) is 0 Å². The molecule has 0 unspecified atom stereocenters. The third-order valence-corrected chi connectivity index (χ3v) is 1.20. The van der Waals surface area contributed by atoms with E-state index in [1.165, 1.54) is 0 Å². The number of allylic oxidation sites excluding steroid dienone is 2. The molecule has 0 amide bonds. The van der Waals surface area contributed by atoms with Gasteiger partial charge in [-0.1, -0.05) is 33.8 Å². The molecule has 0 saturated carbocycles. The molecule has 0 aliphatic heterocycles. The van der Waals surface area contributed by atoms with Crippen LogP contribution in [0, 0.1) is 16.7 Å². The van der Waals surface area contributed by atoms with Crippen LogP contribution in [0.3, 0.4) is 0 Å². The van der Waals surface area contributed by atoms with Crippen molar-refractivity contribution in [2.75, 3.05) is 0 Å². The molecule has 58 valence electrons. The lowest BCUT2D eigenvalue weighted by Crippen LogP contribution is -1.92. The Morgan fingerprint density at radius 2 is 1.80 bits per heavy atom. The fourth-order valence-electron chi connectivity index (χ4n) is 0.670. The van der Waals surface area contributed by atoms with Crippen LogP contribution in [0.2, 0.25) is 0 Å². The van der Waals surface area contributed by atoms with E-state index in [4.69, 9.17) is 0 Å². The van der Waals surface area contributed by atoms with Crippen LogP contribution in [-0.4, -0.2) is 0 Å². The molecule has 2 heteroatoms. The van der Waals surface area contributed by atoms with Crippen LogP contribution < -0.4 is 0 Å². The summed E-state index contributed by atoms with van der Waals surface area (Å²) in [4.78, 5) is 10.2. The van der Waals surface area contributed by atoms with Crippen molar-refractivity contribution in [3.63, 3.8) is 0 Å². The number of nitrogens with zero attached hydrogens (tertiary/aromatic N) is 1. The molecule has 0 N–H and O–H groups in total. The molecule has 0 spiro atoms. The van der Waals surface area contributed by atoms with Crippen LogP contribution in [-0.2, 0) is 0 Å². The van der Waals surface area contributed by atoms with Crippen LogP contribution in [0.25, 0.3) is 0 Å². The second-order valence-electron chi connectivity index (χ2n) is 3.08. The van der Waals surface area contributed by atoms with Gasteiger partial charge in [-0.05, 0) is 17.0 Å². The molecule has 0 aromatic heterocycles. The van der Waals surface area contributed by atoms with Gasteiger partial charge in [0, 0.05) is 0 Å². The summed E-state index contributed by atoms with van der Waals surface area (Å²) in [5.41, 5.74) is 0.662. The van der Waals surface area contributed by atoms with Crippen molar-refractivity contribution < 1.29 is 0 Å². The number of nitroso groups, excluding NO2 is 1. The van der Waals surface area contributed by atoms with Crippen LogP contribution in [0.15, 0.2) is 16.9 Å². The van der Waals surface area contributed by atoms with Crippen molar-refractivity contribution in [3.05, 3.63) is 16.7 Å². The molecule has 0 aliphatic carbocycles. The van der Waals surface area contributed by atoms with Crippen molar-refractivity contribution in [2.45, 2.75) is 27.7 Å². The van der Waals surface area contributed by atoms with Gasteiger partial charge >= 0.3 is 0 Å². The van der Waals surface area contributed by atoms with E-state index < -0.39 is 0 Å². The van der Waals surface area contributed by atoms with E-state index in [0.29, 0.717) is 11.6 Å². The summed E-state index contributed by atoms with van der Waals surface area (Å²) >= 11 is 0. The molecule has 2 nitrogen and oxygen atoms in total. The molecule has 10 heavy (non-hydrogen) atoms. The van der Waals surface area contributed by atoms with Gasteiger partial charge in [-0.2, -0.15) is 0 Å². The Balaban J connectivity index is 4.18. The number of rotatable bonds is 3. The zero-order valence-corrected chi connectivity index (χ0v) is 7.09. The predicted octanol–water partition coefficient (Wildman–Crippen LogP) is 2.95. The minimum atomic E-state index is 0.250. The van der Waals surface area contributed by atoms with Crippen LogP contribution in [0.1, 0.15) is 27.7 Å². The first-order valence-corrected chi connectivity index (χ1v) is 3.63. The maximum atomic E-state index is 10.2. The monoisotopic (exact) mass is 141 g/mol. The average Bonchev–Trinajstić information content (AvgIpc) is 1.81. The summed E-state index contributed by atoms with van der Waals surface area (Å²) < 4.78 is 0. The second-order valence-corrected chi connectivity index (χ2v) is 3.08. The van der Waals surface area contributed by atoms with Gasteiger partial charge in [0.1, 0.15) is 0 Å². The summed E-state index contributed by atoms with van der Waals surface area (Å²) in [5, 5.41) is 2.94. The molecule has 0 atom stereocenters. The molecule has 0 aromatic rings. The van der Waals surface area contributed by atoms with Crippen molar-refractivity contribution in [3.8, 4) is 0 Å². The third kappa shape index (κ3) is 3.38. The van der Waals surface area contributed by atoms with Gasteiger partial charge in [0.05, 0.1) is 5.70 Å². The van der Waals surface area contributed by atoms with Gasteiger partial charge in [-0.15, -0.1) is 4.91 Å². The first kappa shape index (κ1) is 9.34. The van der Waals surface area contributed by atoms with Crippen molar-refractivity contribution in [2.24, 2.45) is 17.0 Å². The first-order chi connectivity index (χ1) is 4.57. The SMILES string of the molecule is CC(C)/C=C(\N=O)C(C)C. The van der Waals surface area contributed by atoms with Gasteiger partial charge in [0.15, 0.2) is 0 Å². The van der Waals surface area contributed by atoms with E-state index in [0.717, 1.165) is 0 Å². The van der Waals surface area contributed by atoms with Gasteiger partial charge in [0.25, 0.3) is 0 Å². The normalized spacial score (nSPS) is 12.8. The standard InChI is InChI=1S/C8H15NO/c1-6(2)5-8(9-10)7(3)4/h5-7H,1-4H3/b8-5-. The number of hydrogen-bond acceptors (Lipinski definition) is 2. The van der Waals surface area contributed by atoms with Crippen LogP contribution >= 0.6 is 0 Å². The van der Waals surface area contributed by atoms with Gasteiger partial charge in [0.2, 0.25) is 0 Å². The minimum Gasteiger partial charge on any atom is -0.145 e. The molecule has 0 saturated heterocycles. The molecule has 0 fully saturated rings. The molecule has 0 heterocycles. The Morgan fingerprint density at radius 3 is 1.90 bits per heavy atom. The average molecular weight is 141 g/mol. The summed E-state index contributed by atoms with van der Waals surface area (Å²) in [6.07, 6.45) is 1.90. The Morgan fingerprint density at radius 1 is 1.30 bits per heavy atom. The summed E-state index contributed by atoms with van der Waals surface area (Å²) in [6.45, 7) is 8.01. The molecule has 0 aliphatic rings. The van der Waals surface area contributed by atoms with E-state index in [1.807, 2.05) is 33.8 Å². The van der Waals surface area contributed by atoms with Crippen molar-refractivity contribution >= 4 is 0 Å². The highest BCUT2D eigenvalue weighted by Gasteiger charge is 2.02. The quantitative estimate of drug-likeness (QED) is 0.555. The van der Waals surface area contributed by atoms with Crippen LogP contribution in [0.4, 0.5) is 0 Å². The second kappa shape index (κ2) is 4.20. The summed E-state index contributed by atoms with van der Waals surface area (Å²) in [6, 6.07) is 0. The molecule has 0 radical (unpaired) electrons. The third-order valence-electron chi connectivity index (χ3n) is 1.20. The summed E-state index contributed by atoms with van der Waals surface area (Å²) in [5.74, 6) is 0.662. The highest BCUT2D eigenvalue weighted by atomic mass is 16.3. The maximum Gasteiger partial charge on any atom is 0.0837 e. The van der Waals surface area contributed by atoms with Gasteiger partial charge < -0.3 is 0 Å². The lowest BCUT2D eigenvalue weighted by atomic mass is 10.1. The van der Waals surface area contributed by atoms with E-state index in [2.05, 4.69) is 5.18 Å². The van der Waals surface area contributed by atoms with E-state index >= 15 is 0 Å². The van der Waals surface area contributed by atoms with Crippen molar-refractivity contribution in [1.82, 2.24) is 0 Å². The molecule has 0 aromatic carbocycles.